The Morgan fingerprint density at radius 2 is 1.16 bits per heavy atom. The van der Waals surface area contributed by atoms with Gasteiger partial charge in [0.1, 0.15) is 29.1 Å². The Labute approximate surface area is 241 Å². The number of phenols is 8. The molecule has 0 unspecified atom stereocenters. The van der Waals surface area contributed by atoms with E-state index in [1.807, 2.05) is 0 Å². The van der Waals surface area contributed by atoms with Crippen LogP contribution in [0.2, 0.25) is 0 Å². The molecule has 43 heavy (non-hydrogen) atoms. The highest BCUT2D eigenvalue weighted by molar-refractivity contribution is 6.03. The highest BCUT2D eigenvalue weighted by Gasteiger charge is 2.46. The van der Waals surface area contributed by atoms with Crippen LogP contribution in [-0.2, 0) is 0 Å². The van der Waals surface area contributed by atoms with Gasteiger partial charge in [0.25, 0.3) is 0 Å². The summed E-state index contributed by atoms with van der Waals surface area (Å²) in [6.07, 6.45) is -6.71. The number of carbonyl (C=O) groups is 1. The van der Waals surface area contributed by atoms with Crippen LogP contribution in [0.5, 0.6) is 57.5 Å². The third kappa shape index (κ3) is 4.29. The molecule has 10 N–H and O–H groups in total. The second-order valence-corrected chi connectivity index (χ2v) is 10.3. The second kappa shape index (κ2) is 9.79. The highest BCUT2D eigenvalue weighted by Crippen LogP contribution is 2.55. The molecule has 5 atom stereocenters. The zero-order valence-electron chi connectivity index (χ0n) is 21.8. The number of hydrogen-bond donors (Lipinski definition) is 10. The third-order valence-corrected chi connectivity index (χ3v) is 7.64. The maximum atomic E-state index is 13.1. The first-order valence-corrected chi connectivity index (χ1v) is 12.8. The Hall–Kier alpha value is -5.53. The molecule has 222 valence electrons. The Kier molecular flexibility index (Phi) is 6.29. The van der Waals surface area contributed by atoms with E-state index < -0.39 is 70.6 Å². The number of ketones is 1. The van der Waals surface area contributed by atoms with Crippen molar-refractivity contribution in [2.24, 2.45) is 0 Å². The molecule has 2 heterocycles. The van der Waals surface area contributed by atoms with Gasteiger partial charge in [-0.2, -0.15) is 0 Å². The van der Waals surface area contributed by atoms with Crippen LogP contribution in [0.1, 0.15) is 50.7 Å². The second-order valence-electron chi connectivity index (χ2n) is 10.3. The predicted octanol–water partition coefficient (Wildman–Crippen LogP) is 2.64. The fraction of sp³-hybridized carbons (Fsp3) is 0.167. The molecule has 0 amide bonds. The summed E-state index contributed by atoms with van der Waals surface area (Å²) in [5, 5.41) is 105. The van der Waals surface area contributed by atoms with Gasteiger partial charge in [0.2, 0.25) is 5.75 Å². The highest BCUT2D eigenvalue weighted by atomic mass is 16.5. The maximum Gasteiger partial charge on any atom is 0.200 e. The number of hydrogen-bond acceptors (Lipinski definition) is 13. The number of aromatic hydroxyl groups is 8. The molecule has 0 radical (unpaired) electrons. The molecule has 13 heteroatoms. The van der Waals surface area contributed by atoms with Crippen LogP contribution in [0.4, 0.5) is 0 Å². The minimum Gasteiger partial charge on any atom is -0.508 e. The van der Waals surface area contributed by atoms with Crippen LogP contribution in [0.25, 0.3) is 0 Å². The van der Waals surface area contributed by atoms with E-state index in [2.05, 4.69) is 0 Å². The van der Waals surface area contributed by atoms with E-state index >= 15 is 0 Å². The normalized spacial score (nSPS) is 22.7. The first kappa shape index (κ1) is 27.6. The number of fused-ring (bicyclic) bond motifs is 2. The smallest absolute Gasteiger partial charge is 0.200 e. The first-order chi connectivity index (χ1) is 20.4. The number of carbonyl (C=O) groups excluding carboxylic acids is 1. The minimum absolute atomic E-state index is 0.0401. The van der Waals surface area contributed by atoms with Gasteiger partial charge in [0.05, 0.1) is 5.56 Å². The predicted molar refractivity (Wildman–Crippen MR) is 144 cm³/mol. The fourth-order valence-corrected chi connectivity index (χ4v) is 5.61. The van der Waals surface area contributed by atoms with E-state index in [4.69, 9.17) is 9.47 Å². The largest absolute Gasteiger partial charge is 0.508 e. The summed E-state index contributed by atoms with van der Waals surface area (Å²) < 4.78 is 11.8. The molecule has 2 aliphatic rings. The summed E-state index contributed by atoms with van der Waals surface area (Å²) >= 11 is 0. The lowest BCUT2D eigenvalue weighted by Crippen LogP contribution is -2.39. The Bertz CT molecular complexity index is 1780. The Morgan fingerprint density at radius 3 is 1.84 bits per heavy atom. The van der Waals surface area contributed by atoms with Gasteiger partial charge in [-0.15, -0.1) is 0 Å². The monoisotopic (exact) mass is 592 g/mol. The van der Waals surface area contributed by atoms with Gasteiger partial charge in [-0.1, -0.05) is 6.07 Å². The molecule has 0 saturated heterocycles. The molecule has 4 aromatic carbocycles. The zero-order chi connectivity index (χ0) is 30.9. The van der Waals surface area contributed by atoms with Gasteiger partial charge in [-0.3, -0.25) is 4.79 Å². The summed E-state index contributed by atoms with van der Waals surface area (Å²) in [5.74, 6) is -7.98. The first-order valence-electron chi connectivity index (χ1n) is 12.8. The fourth-order valence-electron chi connectivity index (χ4n) is 5.61. The summed E-state index contributed by atoms with van der Waals surface area (Å²) in [7, 11) is 0. The molecule has 0 spiro atoms. The van der Waals surface area contributed by atoms with Crippen LogP contribution in [0, 0.1) is 0 Å². The quantitative estimate of drug-likeness (QED) is 0.154. The summed E-state index contributed by atoms with van der Waals surface area (Å²) in [4.78, 5) is 13.1. The number of benzene rings is 4. The Morgan fingerprint density at radius 1 is 0.581 bits per heavy atom. The molecule has 0 fully saturated rings. The SMILES string of the molecule is O=C1c2ccc(O)cc2O[C@H](c2cc(O)c(O)c(O)c2[C@@H]2c3ccc(O)cc3O[C@H](c3cc(O)c(O)c(O)c3)[C@H]2O)[C@@H]1O. The average Bonchev–Trinajstić information content (AvgIpc) is 2.96. The lowest BCUT2D eigenvalue weighted by molar-refractivity contribution is 0.00465. The molecular weight excluding hydrogens is 568 g/mol. The lowest BCUT2D eigenvalue weighted by Gasteiger charge is -2.39. The number of aliphatic hydroxyl groups is 2. The van der Waals surface area contributed by atoms with E-state index in [1.165, 1.54) is 30.3 Å². The number of Topliss-reactive ketones (excluding diaryl/α,β-unsaturated/α-hetero) is 1. The number of phenolic OH excluding ortho intramolecular Hbond substituents is 8. The summed E-state index contributed by atoms with van der Waals surface area (Å²) in [6.45, 7) is 0. The van der Waals surface area contributed by atoms with Gasteiger partial charge in [-0.25, -0.2) is 0 Å². The van der Waals surface area contributed by atoms with Crippen molar-refractivity contribution in [1.29, 1.82) is 0 Å². The minimum atomic E-state index is -1.91. The van der Waals surface area contributed by atoms with Crippen molar-refractivity contribution in [2.45, 2.75) is 30.3 Å². The topological polar surface area (TPSA) is 238 Å². The van der Waals surface area contributed by atoms with Crippen LogP contribution in [0.15, 0.2) is 54.6 Å². The number of rotatable bonds is 3. The van der Waals surface area contributed by atoms with Crippen molar-refractivity contribution in [1.82, 2.24) is 0 Å². The van der Waals surface area contributed by atoms with Gasteiger partial charge in [0.15, 0.2) is 52.8 Å². The zero-order valence-corrected chi connectivity index (χ0v) is 21.8. The van der Waals surface area contributed by atoms with E-state index in [0.29, 0.717) is 0 Å². The standard InChI is InChI=1S/C30H24O13/c31-11-1-3-13-19(7-11)42-29(10-5-16(33)24(37)17(34)6-10)27(40)21(13)22-15(9-18(35)25(38)26(22)39)30-28(41)23(36)14-4-2-12(32)8-20(14)43-30/h1-9,21,27-35,37-41H/t21-,27-,28+,29+,30+/m0/s1. The molecule has 13 nitrogen and oxygen atoms in total. The van der Waals surface area contributed by atoms with Crippen molar-refractivity contribution in [3.63, 3.8) is 0 Å². The summed E-state index contributed by atoms with van der Waals surface area (Å²) in [5.41, 5.74) is -0.491. The third-order valence-electron chi connectivity index (χ3n) is 7.64. The molecule has 0 saturated carbocycles. The van der Waals surface area contributed by atoms with Gasteiger partial charge >= 0.3 is 0 Å². The van der Waals surface area contributed by atoms with Gasteiger partial charge in [-0.05, 0) is 36.4 Å². The van der Waals surface area contributed by atoms with E-state index in [-0.39, 0.29) is 50.8 Å². The van der Waals surface area contributed by atoms with Crippen molar-refractivity contribution in [3.05, 3.63) is 82.4 Å². The molecule has 0 aromatic heterocycles. The van der Waals surface area contributed by atoms with Crippen molar-refractivity contribution < 1.29 is 65.3 Å². The number of aliphatic hydroxyl groups excluding tert-OH is 2. The number of ether oxygens (including phenoxy) is 2. The Balaban J connectivity index is 1.58. The average molecular weight is 593 g/mol. The van der Waals surface area contributed by atoms with Crippen molar-refractivity contribution in [3.8, 4) is 57.5 Å². The molecule has 0 bridgehead atoms. The van der Waals surface area contributed by atoms with Crippen molar-refractivity contribution >= 4 is 5.78 Å². The van der Waals surface area contributed by atoms with E-state index in [9.17, 15) is 55.9 Å². The summed E-state index contributed by atoms with van der Waals surface area (Å²) in [6, 6.07) is 10.4. The van der Waals surface area contributed by atoms with Gasteiger partial charge in [0, 0.05) is 40.3 Å². The molecule has 0 aliphatic carbocycles. The van der Waals surface area contributed by atoms with Crippen LogP contribution >= 0.6 is 0 Å². The van der Waals surface area contributed by atoms with Crippen molar-refractivity contribution in [2.75, 3.05) is 0 Å². The van der Waals surface area contributed by atoms with Crippen LogP contribution in [0.3, 0.4) is 0 Å². The van der Waals surface area contributed by atoms with Crippen LogP contribution in [-0.4, -0.2) is 69.1 Å². The van der Waals surface area contributed by atoms with E-state index in [0.717, 1.165) is 24.3 Å². The molecule has 4 aromatic rings. The molecular formula is C30H24O13. The maximum absolute atomic E-state index is 13.1. The molecule has 2 aliphatic heterocycles. The molecule has 6 rings (SSSR count). The lowest BCUT2D eigenvalue weighted by atomic mass is 9.76. The van der Waals surface area contributed by atoms with Crippen LogP contribution < -0.4 is 9.47 Å². The van der Waals surface area contributed by atoms with Gasteiger partial charge < -0.3 is 60.5 Å². The van der Waals surface area contributed by atoms with E-state index in [1.54, 1.807) is 0 Å².